The molecule has 0 aromatic heterocycles. The van der Waals surface area contributed by atoms with Crippen molar-refractivity contribution >= 4 is 5.91 Å². The summed E-state index contributed by atoms with van der Waals surface area (Å²) < 4.78 is 0. The minimum absolute atomic E-state index is 0.236. The number of aliphatic hydroxyl groups is 1. The van der Waals surface area contributed by atoms with E-state index in [9.17, 15) is 9.90 Å². The Kier molecular flexibility index (Phi) is 3.12. The standard InChI is InChI=1S/C10H16N2O2/c1-7(8(2)13)12-9(14)10(6-11)4-3-5-10/h7-8,13H,3-5H2,1-2H3,(H,12,14). The van der Waals surface area contributed by atoms with Crippen LogP contribution in [0, 0.1) is 16.7 Å². The van der Waals surface area contributed by atoms with Gasteiger partial charge in [0, 0.05) is 0 Å². The summed E-state index contributed by atoms with van der Waals surface area (Å²) in [5.74, 6) is -0.236. The summed E-state index contributed by atoms with van der Waals surface area (Å²) in [6, 6.07) is 1.77. The number of hydrogen-bond acceptors (Lipinski definition) is 3. The predicted molar refractivity (Wildman–Crippen MR) is 51.2 cm³/mol. The van der Waals surface area contributed by atoms with E-state index in [1.165, 1.54) is 0 Å². The van der Waals surface area contributed by atoms with Gasteiger partial charge < -0.3 is 10.4 Å². The maximum Gasteiger partial charge on any atom is 0.240 e. The number of nitrogens with one attached hydrogen (secondary N) is 1. The lowest BCUT2D eigenvalue weighted by molar-refractivity contribution is -0.133. The number of aliphatic hydroxyl groups excluding tert-OH is 1. The van der Waals surface area contributed by atoms with Crippen molar-refractivity contribution in [2.75, 3.05) is 0 Å². The second-order valence-corrected chi connectivity index (χ2v) is 4.05. The first kappa shape index (κ1) is 11.0. The summed E-state index contributed by atoms with van der Waals surface area (Å²) in [7, 11) is 0. The highest BCUT2D eigenvalue weighted by molar-refractivity contribution is 5.86. The third kappa shape index (κ3) is 1.88. The Morgan fingerprint density at radius 3 is 2.43 bits per heavy atom. The molecule has 0 aromatic carbocycles. The minimum Gasteiger partial charge on any atom is -0.391 e. The van der Waals surface area contributed by atoms with Crippen LogP contribution in [0.15, 0.2) is 0 Å². The summed E-state index contributed by atoms with van der Waals surface area (Å²) in [4.78, 5) is 11.6. The minimum atomic E-state index is -0.816. The highest BCUT2D eigenvalue weighted by Gasteiger charge is 2.45. The lowest BCUT2D eigenvalue weighted by Gasteiger charge is -2.34. The van der Waals surface area contributed by atoms with Gasteiger partial charge in [-0.25, -0.2) is 0 Å². The van der Waals surface area contributed by atoms with Gasteiger partial charge in [-0.2, -0.15) is 5.26 Å². The van der Waals surface area contributed by atoms with Gasteiger partial charge in [-0.3, -0.25) is 4.79 Å². The van der Waals surface area contributed by atoms with Crippen LogP contribution in [0.25, 0.3) is 0 Å². The van der Waals surface area contributed by atoms with Crippen LogP contribution in [0.4, 0.5) is 0 Å². The fourth-order valence-electron chi connectivity index (χ4n) is 1.39. The number of amides is 1. The Hall–Kier alpha value is -1.08. The molecule has 1 aliphatic carbocycles. The Bertz CT molecular complexity index is 264. The van der Waals surface area contributed by atoms with E-state index in [1.54, 1.807) is 13.8 Å². The van der Waals surface area contributed by atoms with Crippen molar-refractivity contribution in [2.24, 2.45) is 5.41 Å². The number of carbonyl (C=O) groups excluding carboxylic acids is 1. The molecule has 0 aromatic rings. The van der Waals surface area contributed by atoms with Crippen molar-refractivity contribution in [1.82, 2.24) is 5.32 Å². The molecule has 0 saturated heterocycles. The fraction of sp³-hybridized carbons (Fsp3) is 0.800. The number of carbonyl (C=O) groups is 1. The number of nitriles is 1. The van der Waals surface area contributed by atoms with Gasteiger partial charge >= 0.3 is 0 Å². The normalized spacial score (nSPS) is 22.7. The van der Waals surface area contributed by atoms with Gasteiger partial charge in [0.25, 0.3) is 0 Å². The fourth-order valence-corrected chi connectivity index (χ4v) is 1.39. The third-order valence-electron chi connectivity index (χ3n) is 2.94. The Morgan fingerprint density at radius 2 is 2.14 bits per heavy atom. The molecule has 4 nitrogen and oxygen atoms in total. The number of hydrogen-bond donors (Lipinski definition) is 2. The first-order valence-corrected chi connectivity index (χ1v) is 4.92. The summed E-state index contributed by atoms with van der Waals surface area (Å²) in [6.07, 6.45) is 1.63. The molecular weight excluding hydrogens is 180 g/mol. The molecule has 4 heteroatoms. The molecule has 2 atom stereocenters. The molecule has 0 radical (unpaired) electrons. The number of rotatable bonds is 3. The Labute approximate surface area is 83.9 Å². The van der Waals surface area contributed by atoms with E-state index >= 15 is 0 Å². The van der Waals surface area contributed by atoms with Gasteiger partial charge in [-0.1, -0.05) is 0 Å². The largest absolute Gasteiger partial charge is 0.391 e. The van der Waals surface area contributed by atoms with E-state index in [2.05, 4.69) is 11.4 Å². The predicted octanol–water partition coefficient (Wildman–Crippen LogP) is 0.566. The molecule has 1 rings (SSSR count). The van der Waals surface area contributed by atoms with Crippen LogP contribution >= 0.6 is 0 Å². The second-order valence-electron chi connectivity index (χ2n) is 4.05. The zero-order valence-corrected chi connectivity index (χ0v) is 8.58. The lowest BCUT2D eigenvalue weighted by Crippen LogP contribution is -2.50. The van der Waals surface area contributed by atoms with Gasteiger partial charge in [0.05, 0.1) is 18.2 Å². The SMILES string of the molecule is CC(O)C(C)NC(=O)C1(C#N)CCC1. The molecule has 1 fully saturated rings. The smallest absolute Gasteiger partial charge is 0.240 e. The van der Waals surface area contributed by atoms with E-state index in [-0.39, 0.29) is 11.9 Å². The molecule has 0 spiro atoms. The molecule has 0 bridgehead atoms. The second kappa shape index (κ2) is 3.97. The van der Waals surface area contributed by atoms with Crippen LogP contribution in [0.2, 0.25) is 0 Å². The quantitative estimate of drug-likeness (QED) is 0.693. The van der Waals surface area contributed by atoms with Crippen molar-refractivity contribution in [1.29, 1.82) is 5.26 Å². The highest BCUT2D eigenvalue weighted by Crippen LogP contribution is 2.40. The van der Waals surface area contributed by atoms with Gasteiger partial charge in [0.2, 0.25) is 5.91 Å². The van der Waals surface area contributed by atoms with Crippen molar-refractivity contribution in [2.45, 2.75) is 45.3 Å². The van der Waals surface area contributed by atoms with E-state index in [0.717, 1.165) is 6.42 Å². The van der Waals surface area contributed by atoms with Gasteiger partial charge in [-0.15, -0.1) is 0 Å². The Morgan fingerprint density at radius 1 is 1.57 bits per heavy atom. The maximum absolute atomic E-state index is 11.6. The van der Waals surface area contributed by atoms with Gasteiger partial charge in [-0.05, 0) is 33.1 Å². The average Bonchev–Trinajstić information content (AvgIpc) is 2.02. The summed E-state index contributed by atoms with van der Waals surface area (Å²) in [5.41, 5.74) is -0.816. The number of nitrogens with zero attached hydrogens (tertiary/aromatic N) is 1. The molecule has 78 valence electrons. The topological polar surface area (TPSA) is 73.1 Å². The van der Waals surface area contributed by atoms with Crippen molar-refractivity contribution < 1.29 is 9.90 Å². The van der Waals surface area contributed by atoms with Gasteiger partial charge in [0.15, 0.2) is 0 Å². The van der Waals surface area contributed by atoms with E-state index in [1.807, 2.05) is 0 Å². The van der Waals surface area contributed by atoms with E-state index in [4.69, 9.17) is 5.26 Å². The summed E-state index contributed by atoms with van der Waals surface area (Å²) >= 11 is 0. The summed E-state index contributed by atoms with van der Waals surface area (Å²) in [5, 5.41) is 20.7. The van der Waals surface area contributed by atoms with Crippen LogP contribution < -0.4 is 5.32 Å². The van der Waals surface area contributed by atoms with Crippen LogP contribution in [0.5, 0.6) is 0 Å². The molecule has 1 saturated carbocycles. The lowest BCUT2D eigenvalue weighted by atomic mass is 9.69. The molecule has 1 aliphatic rings. The monoisotopic (exact) mass is 196 g/mol. The Balaban J connectivity index is 2.54. The van der Waals surface area contributed by atoms with Crippen molar-refractivity contribution in [3.63, 3.8) is 0 Å². The highest BCUT2D eigenvalue weighted by atomic mass is 16.3. The van der Waals surface area contributed by atoms with Crippen molar-refractivity contribution in [3.8, 4) is 6.07 Å². The molecule has 0 aliphatic heterocycles. The molecule has 2 unspecified atom stereocenters. The van der Waals surface area contributed by atoms with E-state index < -0.39 is 11.5 Å². The van der Waals surface area contributed by atoms with Crippen molar-refractivity contribution in [3.05, 3.63) is 0 Å². The van der Waals surface area contributed by atoms with Crippen LogP contribution in [-0.2, 0) is 4.79 Å². The molecule has 2 N–H and O–H groups in total. The molecule has 0 heterocycles. The third-order valence-corrected chi connectivity index (χ3v) is 2.94. The zero-order valence-electron chi connectivity index (χ0n) is 8.58. The first-order chi connectivity index (χ1) is 6.52. The molecule has 14 heavy (non-hydrogen) atoms. The first-order valence-electron chi connectivity index (χ1n) is 4.92. The molecule has 1 amide bonds. The van der Waals surface area contributed by atoms with E-state index in [0.29, 0.717) is 12.8 Å². The zero-order chi connectivity index (χ0) is 10.8. The average molecular weight is 196 g/mol. The van der Waals surface area contributed by atoms with Crippen LogP contribution in [0.1, 0.15) is 33.1 Å². The van der Waals surface area contributed by atoms with Crippen LogP contribution in [-0.4, -0.2) is 23.2 Å². The summed E-state index contributed by atoms with van der Waals surface area (Å²) in [6.45, 7) is 3.34. The van der Waals surface area contributed by atoms with Gasteiger partial charge in [0.1, 0.15) is 5.41 Å². The molecular formula is C10H16N2O2. The maximum atomic E-state index is 11.6. The van der Waals surface area contributed by atoms with Crippen LogP contribution in [0.3, 0.4) is 0 Å².